The van der Waals surface area contributed by atoms with E-state index in [0.29, 0.717) is 31.3 Å². The zero-order valence-corrected chi connectivity index (χ0v) is 18.7. The molecule has 2 aliphatic heterocycles. The van der Waals surface area contributed by atoms with Crippen LogP contribution in [0.1, 0.15) is 74.0 Å². The lowest BCUT2D eigenvalue weighted by molar-refractivity contribution is -0.141. The molecule has 5 rings (SSSR count). The first-order chi connectivity index (χ1) is 15.7. The minimum absolute atomic E-state index is 0.0523. The number of hydrogen-bond donors (Lipinski definition) is 1. The van der Waals surface area contributed by atoms with E-state index in [2.05, 4.69) is 22.3 Å². The van der Waals surface area contributed by atoms with E-state index in [0.717, 1.165) is 56.8 Å². The van der Waals surface area contributed by atoms with Crippen molar-refractivity contribution >= 4 is 11.8 Å². The van der Waals surface area contributed by atoms with Crippen LogP contribution in [0.15, 0.2) is 30.3 Å². The maximum atomic E-state index is 13.1. The van der Waals surface area contributed by atoms with Gasteiger partial charge in [0.2, 0.25) is 11.8 Å². The number of carbonyl (C=O) groups excluding carboxylic acids is 2. The molecular weight excluding hydrogens is 402 g/mol. The van der Waals surface area contributed by atoms with Gasteiger partial charge < -0.3 is 9.80 Å². The van der Waals surface area contributed by atoms with Gasteiger partial charge in [-0.1, -0.05) is 30.3 Å². The smallest absolute Gasteiger partial charge is 0.225 e. The SMILES string of the molecule is O=C(CCc1ccccc1)N1CCC(C(=O)N2CCC(c3nc(C4CC4)n[nH]3)CC2)CC1. The number of piperidine rings is 2. The molecule has 1 N–H and O–H groups in total. The summed E-state index contributed by atoms with van der Waals surface area (Å²) in [7, 11) is 0. The predicted octanol–water partition coefficient (Wildman–Crippen LogP) is 3.26. The third-order valence-corrected chi connectivity index (χ3v) is 7.32. The summed E-state index contributed by atoms with van der Waals surface area (Å²) in [6.45, 7) is 2.98. The Morgan fingerprint density at radius 1 is 0.875 bits per heavy atom. The molecule has 0 bridgehead atoms. The number of likely N-dealkylation sites (tertiary alicyclic amines) is 2. The van der Waals surface area contributed by atoms with Gasteiger partial charge in [0.1, 0.15) is 5.82 Å². The second kappa shape index (κ2) is 9.43. The van der Waals surface area contributed by atoms with Crippen LogP contribution in [0.3, 0.4) is 0 Å². The Morgan fingerprint density at radius 2 is 1.56 bits per heavy atom. The van der Waals surface area contributed by atoms with Crippen molar-refractivity contribution in [1.29, 1.82) is 0 Å². The van der Waals surface area contributed by atoms with E-state index in [1.54, 1.807) is 0 Å². The third kappa shape index (κ3) is 4.87. The number of aryl methyl sites for hydroxylation is 1. The number of aromatic amines is 1. The molecule has 3 heterocycles. The maximum Gasteiger partial charge on any atom is 0.225 e. The number of amides is 2. The van der Waals surface area contributed by atoms with Gasteiger partial charge in [0.25, 0.3) is 0 Å². The van der Waals surface area contributed by atoms with E-state index in [-0.39, 0.29) is 17.7 Å². The molecule has 3 fully saturated rings. The highest BCUT2D eigenvalue weighted by Gasteiger charge is 2.34. The second-order valence-electron chi connectivity index (χ2n) is 9.59. The molecule has 32 heavy (non-hydrogen) atoms. The normalized spacial score (nSPS) is 20.5. The topological polar surface area (TPSA) is 82.2 Å². The lowest BCUT2D eigenvalue weighted by Crippen LogP contribution is -2.46. The van der Waals surface area contributed by atoms with Crippen molar-refractivity contribution in [2.24, 2.45) is 5.92 Å². The summed E-state index contributed by atoms with van der Waals surface area (Å²) in [5.41, 5.74) is 1.20. The molecule has 3 aliphatic rings. The van der Waals surface area contributed by atoms with Crippen LogP contribution >= 0.6 is 0 Å². The number of nitrogens with zero attached hydrogens (tertiary/aromatic N) is 4. The van der Waals surface area contributed by atoms with Gasteiger partial charge in [-0.3, -0.25) is 14.7 Å². The lowest BCUT2D eigenvalue weighted by atomic mass is 9.91. The molecule has 1 saturated carbocycles. The summed E-state index contributed by atoms with van der Waals surface area (Å²) in [5.74, 6) is 3.46. The fourth-order valence-electron chi connectivity index (χ4n) is 5.06. The Kier molecular flexibility index (Phi) is 6.23. The van der Waals surface area contributed by atoms with Gasteiger partial charge in [0, 0.05) is 50.4 Å². The molecule has 0 unspecified atom stereocenters. The van der Waals surface area contributed by atoms with E-state index >= 15 is 0 Å². The second-order valence-corrected chi connectivity index (χ2v) is 9.59. The Balaban J connectivity index is 1.05. The predicted molar refractivity (Wildman–Crippen MR) is 121 cm³/mol. The van der Waals surface area contributed by atoms with Crippen LogP contribution < -0.4 is 0 Å². The van der Waals surface area contributed by atoms with Crippen LogP contribution in [0.4, 0.5) is 0 Å². The van der Waals surface area contributed by atoms with Crippen molar-refractivity contribution in [2.75, 3.05) is 26.2 Å². The van der Waals surface area contributed by atoms with Crippen molar-refractivity contribution in [3.05, 3.63) is 47.5 Å². The van der Waals surface area contributed by atoms with Crippen LogP contribution in [0.2, 0.25) is 0 Å². The molecule has 1 aromatic carbocycles. The summed E-state index contributed by atoms with van der Waals surface area (Å²) in [6, 6.07) is 10.1. The minimum Gasteiger partial charge on any atom is -0.343 e. The fraction of sp³-hybridized carbons (Fsp3) is 0.600. The highest BCUT2D eigenvalue weighted by atomic mass is 16.2. The minimum atomic E-state index is 0.0523. The van der Waals surface area contributed by atoms with Crippen molar-refractivity contribution in [2.45, 2.75) is 63.2 Å². The highest BCUT2D eigenvalue weighted by Crippen LogP contribution is 2.38. The van der Waals surface area contributed by atoms with Crippen LogP contribution in [0.5, 0.6) is 0 Å². The molecule has 7 nitrogen and oxygen atoms in total. The van der Waals surface area contributed by atoms with Gasteiger partial charge in [0.15, 0.2) is 5.82 Å². The van der Waals surface area contributed by atoms with Gasteiger partial charge in [-0.2, -0.15) is 5.10 Å². The first-order valence-electron chi connectivity index (χ1n) is 12.2. The molecule has 0 atom stereocenters. The summed E-state index contributed by atoms with van der Waals surface area (Å²) in [6.07, 6.45) is 7.19. The molecule has 1 aromatic heterocycles. The van der Waals surface area contributed by atoms with Crippen molar-refractivity contribution in [3.8, 4) is 0 Å². The van der Waals surface area contributed by atoms with E-state index in [1.165, 1.54) is 18.4 Å². The summed E-state index contributed by atoms with van der Waals surface area (Å²) >= 11 is 0. The molecule has 2 amide bonds. The monoisotopic (exact) mass is 435 g/mol. The Labute approximate surface area is 189 Å². The summed E-state index contributed by atoms with van der Waals surface area (Å²) in [4.78, 5) is 34.3. The van der Waals surface area contributed by atoms with Gasteiger partial charge in [-0.05, 0) is 50.5 Å². The van der Waals surface area contributed by atoms with E-state index in [9.17, 15) is 9.59 Å². The number of nitrogens with one attached hydrogen (secondary N) is 1. The molecule has 0 radical (unpaired) electrons. The van der Waals surface area contributed by atoms with Gasteiger partial charge in [0.05, 0.1) is 0 Å². The number of hydrogen-bond acceptors (Lipinski definition) is 4. The molecule has 2 saturated heterocycles. The Morgan fingerprint density at radius 3 is 2.25 bits per heavy atom. The standard InChI is InChI=1S/C25H33N5O2/c31-22(9-6-18-4-2-1-3-5-18)29-14-12-21(13-15-29)25(32)30-16-10-20(11-17-30)24-26-23(27-28-24)19-7-8-19/h1-5,19-21H,6-17H2,(H,26,27,28). The lowest BCUT2D eigenvalue weighted by Gasteiger charge is -2.37. The van der Waals surface area contributed by atoms with Crippen molar-refractivity contribution in [1.82, 2.24) is 25.0 Å². The average Bonchev–Trinajstić information content (AvgIpc) is 3.59. The highest BCUT2D eigenvalue weighted by molar-refractivity contribution is 5.80. The van der Waals surface area contributed by atoms with E-state index in [4.69, 9.17) is 4.98 Å². The van der Waals surface area contributed by atoms with Crippen LogP contribution in [-0.4, -0.2) is 63.0 Å². The first-order valence-corrected chi connectivity index (χ1v) is 12.2. The molecule has 2 aromatic rings. The molecule has 0 spiro atoms. The van der Waals surface area contributed by atoms with Crippen molar-refractivity contribution < 1.29 is 9.59 Å². The number of carbonyl (C=O) groups is 2. The van der Waals surface area contributed by atoms with E-state index < -0.39 is 0 Å². The van der Waals surface area contributed by atoms with Crippen LogP contribution in [-0.2, 0) is 16.0 Å². The zero-order valence-electron chi connectivity index (χ0n) is 18.7. The number of rotatable bonds is 6. The van der Waals surface area contributed by atoms with Gasteiger partial charge >= 0.3 is 0 Å². The van der Waals surface area contributed by atoms with Gasteiger partial charge in [-0.25, -0.2) is 4.98 Å². The number of H-pyrrole nitrogens is 1. The number of aromatic nitrogens is 3. The Hall–Kier alpha value is -2.70. The summed E-state index contributed by atoms with van der Waals surface area (Å²) in [5, 5.41) is 7.52. The van der Waals surface area contributed by atoms with E-state index in [1.807, 2.05) is 28.0 Å². The quantitative estimate of drug-likeness (QED) is 0.755. The Bertz CT molecular complexity index is 923. The van der Waals surface area contributed by atoms with Gasteiger partial charge in [-0.15, -0.1) is 0 Å². The molecular formula is C25H33N5O2. The van der Waals surface area contributed by atoms with Crippen LogP contribution in [0, 0.1) is 5.92 Å². The molecule has 7 heteroatoms. The molecule has 1 aliphatic carbocycles. The van der Waals surface area contributed by atoms with Crippen molar-refractivity contribution in [3.63, 3.8) is 0 Å². The third-order valence-electron chi connectivity index (χ3n) is 7.32. The summed E-state index contributed by atoms with van der Waals surface area (Å²) < 4.78 is 0. The first kappa shape index (κ1) is 21.2. The number of benzene rings is 1. The molecule has 170 valence electrons. The van der Waals surface area contributed by atoms with Crippen LogP contribution in [0.25, 0.3) is 0 Å². The zero-order chi connectivity index (χ0) is 21.9. The largest absolute Gasteiger partial charge is 0.343 e. The average molecular weight is 436 g/mol. The fourth-order valence-corrected chi connectivity index (χ4v) is 5.06. The maximum absolute atomic E-state index is 13.1.